The molecule has 0 heterocycles. The molecular formula is C15H22N2O. The molecule has 1 atom stereocenters. The van der Waals surface area contributed by atoms with Gasteiger partial charge in [0.25, 0.3) is 0 Å². The van der Waals surface area contributed by atoms with Gasteiger partial charge in [-0.05, 0) is 23.0 Å². The van der Waals surface area contributed by atoms with Crippen LogP contribution in [-0.4, -0.2) is 19.0 Å². The van der Waals surface area contributed by atoms with E-state index in [1.807, 2.05) is 0 Å². The minimum Gasteiger partial charge on any atom is -0.355 e. The van der Waals surface area contributed by atoms with Crippen LogP contribution in [0.1, 0.15) is 37.9 Å². The second-order valence-electron chi connectivity index (χ2n) is 5.73. The maximum absolute atomic E-state index is 10.8. The summed E-state index contributed by atoms with van der Waals surface area (Å²) >= 11 is 0. The molecule has 0 aliphatic heterocycles. The molecule has 0 fully saturated rings. The molecule has 1 amide bonds. The number of benzene rings is 1. The summed E-state index contributed by atoms with van der Waals surface area (Å²) in [5.41, 5.74) is 3.09. The first-order valence-corrected chi connectivity index (χ1v) is 6.56. The van der Waals surface area contributed by atoms with E-state index in [9.17, 15) is 4.79 Å². The molecule has 1 unspecified atom stereocenters. The third kappa shape index (κ3) is 2.72. The second-order valence-corrected chi connectivity index (χ2v) is 5.73. The van der Waals surface area contributed by atoms with Crippen molar-refractivity contribution in [3.05, 3.63) is 35.4 Å². The lowest BCUT2D eigenvalue weighted by atomic mass is 9.85. The van der Waals surface area contributed by atoms with Crippen LogP contribution < -0.4 is 10.6 Å². The highest BCUT2D eigenvalue weighted by Gasteiger charge is 2.37. The molecule has 0 bridgehead atoms. The van der Waals surface area contributed by atoms with Crippen LogP contribution in [0.25, 0.3) is 0 Å². The minimum atomic E-state index is 0.0304. The number of rotatable bonds is 4. The highest BCUT2D eigenvalue weighted by molar-refractivity contribution is 5.72. The van der Waals surface area contributed by atoms with Gasteiger partial charge in [-0.25, -0.2) is 0 Å². The number of hydrogen-bond acceptors (Lipinski definition) is 2. The zero-order valence-electron chi connectivity index (χ0n) is 11.4. The van der Waals surface area contributed by atoms with Gasteiger partial charge in [0.15, 0.2) is 0 Å². The fourth-order valence-corrected chi connectivity index (χ4v) is 2.83. The van der Waals surface area contributed by atoms with Crippen molar-refractivity contribution in [2.24, 2.45) is 5.41 Å². The third-order valence-corrected chi connectivity index (χ3v) is 3.64. The fraction of sp³-hybridized carbons (Fsp3) is 0.533. The van der Waals surface area contributed by atoms with Crippen molar-refractivity contribution in [1.82, 2.24) is 10.6 Å². The maximum atomic E-state index is 10.8. The average Bonchev–Trinajstić information content (AvgIpc) is 2.54. The molecule has 3 nitrogen and oxygen atoms in total. The fourth-order valence-electron chi connectivity index (χ4n) is 2.83. The molecule has 1 aromatic rings. The van der Waals surface area contributed by atoms with Crippen molar-refractivity contribution >= 4 is 5.91 Å². The SMILES string of the molecule is CC(=O)NCCNC1c2ccccc2CC1(C)C. The number of hydrogen-bond donors (Lipinski definition) is 2. The highest BCUT2D eigenvalue weighted by atomic mass is 16.1. The molecule has 18 heavy (non-hydrogen) atoms. The van der Waals surface area contributed by atoms with E-state index in [0.717, 1.165) is 13.0 Å². The number of nitrogens with one attached hydrogen (secondary N) is 2. The summed E-state index contributed by atoms with van der Waals surface area (Å²) in [5, 5.41) is 6.39. The normalized spacial score (nSPS) is 20.5. The number of fused-ring (bicyclic) bond motifs is 1. The zero-order chi connectivity index (χ0) is 13.2. The molecule has 0 saturated heterocycles. The van der Waals surface area contributed by atoms with Crippen LogP contribution in [0, 0.1) is 5.41 Å². The van der Waals surface area contributed by atoms with Gasteiger partial charge in [0.2, 0.25) is 5.91 Å². The molecule has 0 radical (unpaired) electrons. The Labute approximate surface area is 109 Å². The van der Waals surface area contributed by atoms with Gasteiger partial charge in [0, 0.05) is 26.1 Å². The van der Waals surface area contributed by atoms with Crippen LogP contribution >= 0.6 is 0 Å². The van der Waals surface area contributed by atoms with Gasteiger partial charge in [0.1, 0.15) is 0 Å². The predicted octanol–water partition coefficient (Wildman–Crippen LogP) is 2.04. The second kappa shape index (κ2) is 5.11. The third-order valence-electron chi connectivity index (χ3n) is 3.64. The molecule has 1 aromatic carbocycles. The summed E-state index contributed by atoms with van der Waals surface area (Å²) in [4.78, 5) is 10.8. The smallest absolute Gasteiger partial charge is 0.216 e. The van der Waals surface area contributed by atoms with E-state index in [1.165, 1.54) is 11.1 Å². The van der Waals surface area contributed by atoms with Crippen LogP contribution in [0.4, 0.5) is 0 Å². The van der Waals surface area contributed by atoms with Crippen molar-refractivity contribution in [3.8, 4) is 0 Å². The first-order chi connectivity index (χ1) is 8.50. The summed E-state index contributed by atoms with van der Waals surface area (Å²) in [5.74, 6) is 0.0304. The molecule has 1 aliphatic carbocycles. The largest absolute Gasteiger partial charge is 0.355 e. The lowest BCUT2D eigenvalue weighted by molar-refractivity contribution is -0.118. The van der Waals surface area contributed by atoms with E-state index in [2.05, 4.69) is 48.7 Å². The maximum Gasteiger partial charge on any atom is 0.216 e. The Morgan fingerprint density at radius 1 is 1.33 bits per heavy atom. The van der Waals surface area contributed by atoms with Gasteiger partial charge in [0.05, 0.1) is 0 Å². The first kappa shape index (κ1) is 13.1. The van der Waals surface area contributed by atoms with Gasteiger partial charge in [-0.1, -0.05) is 38.1 Å². The number of carbonyl (C=O) groups is 1. The number of amides is 1. The molecule has 0 aromatic heterocycles. The Bertz CT molecular complexity index is 440. The van der Waals surface area contributed by atoms with Gasteiger partial charge >= 0.3 is 0 Å². The van der Waals surface area contributed by atoms with Crippen LogP contribution in [0.15, 0.2) is 24.3 Å². The minimum absolute atomic E-state index is 0.0304. The lowest BCUT2D eigenvalue weighted by Crippen LogP contribution is -2.36. The van der Waals surface area contributed by atoms with Crippen molar-refractivity contribution < 1.29 is 4.79 Å². The van der Waals surface area contributed by atoms with Gasteiger partial charge in [-0.15, -0.1) is 0 Å². The summed E-state index contributed by atoms with van der Waals surface area (Å²) < 4.78 is 0. The van der Waals surface area contributed by atoms with E-state index in [1.54, 1.807) is 6.92 Å². The lowest BCUT2D eigenvalue weighted by Gasteiger charge is -2.28. The van der Waals surface area contributed by atoms with E-state index in [4.69, 9.17) is 0 Å². The van der Waals surface area contributed by atoms with Gasteiger partial charge in [-0.2, -0.15) is 0 Å². The molecule has 3 heteroatoms. The van der Waals surface area contributed by atoms with Crippen LogP contribution in [0.5, 0.6) is 0 Å². The molecule has 2 N–H and O–H groups in total. The average molecular weight is 246 g/mol. The van der Waals surface area contributed by atoms with E-state index in [-0.39, 0.29) is 11.3 Å². The summed E-state index contributed by atoms with van der Waals surface area (Å²) in [6, 6.07) is 9.01. The Morgan fingerprint density at radius 2 is 2.06 bits per heavy atom. The van der Waals surface area contributed by atoms with Crippen molar-refractivity contribution in [3.63, 3.8) is 0 Å². The monoisotopic (exact) mass is 246 g/mol. The van der Waals surface area contributed by atoms with Crippen molar-refractivity contribution in [2.75, 3.05) is 13.1 Å². The van der Waals surface area contributed by atoms with Crippen LogP contribution in [-0.2, 0) is 11.2 Å². The molecular weight excluding hydrogens is 224 g/mol. The molecule has 98 valence electrons. The Morgan fingerprint density at radius 3 is 2.78 bits per heavy atom. The van der Waals surface area contributed by atoms with Crippen molar-refractivity contribution in [2.45, 2.75) is 33.2 Å². The van der Waals surface area contributed by atoms with Crippen LogP contribution in [0.3, 0.4) is 0 Å². The predicted molar refractivity (Wildman–Crippen MR) is 73.4 cm³/mol. The molecule has 2 rings (SSSR count). The Hall–Kier alpha value is -1.35. The Kier molecular flexibility index (Phi) is 3.71. The topological polar surface area (TPSA) is 41.1 Å². The molecule has 1 aliphatic rings. The zero-order valence-corrected chi connectivity index (χ0v) is 11.4. The van der Waals surface area contributed by atoms with E-state index >= 15 is 0 Å². The van der Waals surface area contributed by atoms with E-state index in [0.29, 0.717) is 12.6 Å². The highest BCUT2D eigenvalue weighted by Crippen LogP contribution is 2.44. The van der Waals surface area contributed by atoms with E-state index < -0.39 is 0 Å². The molecule has 0 spiro atoms. The summed E-state index contributed by atoms with van der Waals surface area (Å²) in [6.07, 6.45) is 1.11. The molecule has 0 saturated carbocycles. The van der Waals surface area contributed by atoms with Gasteiger partial charge < -0.3 is 10.6 Å². The summed E-state index contributed by atoms with van der Waals surface area (Å²) in [7, 11) is 0. The van der Waals surface area contributed by atoms with Crippen molar-refractivity contribution in [1.29, 1.82) is 0 Å². The first-order valence-electron chi connectivity index (χ1n) is 6.56. The quantitative estimate of drug-likeness (QED) is 0.798. The summed E-state index contributed by atoms with van der Waals surface area (Å²) in [6.45, 7) is 7.63. The number of carbonyl (C=O) groups excluding carboxylic acids is 1. The standard InChI is InChI=1S/C15H22N2O/c1-11(18)16-8-9-17-14-13-7-5-4-6-12(13)10-15(14,2)3/h4-7,14,17H,8-10H2,1-3H3,(H,16,18). The van der Waals surface area contributed by atoms with Gasteiger partial charge in [-0.3, -0.25) is 4.79 Å². The van der Waals surface area contributed by atoms with Crippen LogP contribution in [0.2, 0.25) is 0 Å². The Balaban J connectivity index is 2.00.